The minimum absolute atomic E-state index is 0.105. The van der Waals surface area contributed by atoms with E-state index in [1.54, 1.807) is 11.3 Å². The van der Waals surface area contributed by atoms with Crippen molar-refractivity contribution in [2.45, 2.75) is 33.2 Å². The number of hydrogen-bond acceptors (Lipinski definition) is 4. The van der Waals surface area contributed by atoms with Crippen LogP contribution in [0.1, 0.15) is 45.3 Å². The van der Waals surface area contributed by atoms with Crippen LogP contribution in [-0.2, 0) is 0 Å². The number of pyridine rings is 1. The summed E-state index contributed by atoms with van der Waals surface area (Å²) in [5.41, 5.74) is 1.22. The van der Waals surface area contributed by atoms with Gasteiger partial charge in [-0.25, -0.2) is 4.98 Å². The number of nitrogens with one attached hydrogen (secondary N) is 2. The lowest BCUT2D eigenvalue weighted by molar-refractivity contribution is 0.0935. The number of nitrogens with zero attached hydrogens (tertiary/aromatic N) is 1. The molecule has 5 nitrogen and oxygen atoms in total. The van der Waals surface area contributed by atoms with E-state index in [0.29, 0.717) is 5.56 Å². The van der Waals surface area contributed by atoms with Gasteiger partial charge in [0.15, 0.2) is 0 Å². The number of rotatable bonds is 4. The van der Waals surface area contributed by atoms with E-state index in [4.69, 9.17) is 0 Å². The van der Waals surface area contributed by atoms with Crippen molar-refractivity contribution < 1.29 is 4.79 Å². The summed E-state index contributed by atoms with van der Waals surface area (Å²) in [6.07, 6.45) is 2.18. The van der Waals surface area contributed by atoms with Crippen molar-refractivity contribution in [2.24, 2.45) is 0 Å². The summed E-state index contributed by atoms with van der Waals surface area (Å²) < 4.78 is 0. The molecule has 0 spiro atoms. The first-order valence-corrected chi connectivity index (χ1v) is 7.26. The van der Waals surface area contributed by atoms with Gasteiger partial charge in [0, 0.05) is 17.1 Å². The molecular formula is C14H17N3O2S. The largest absolute Gasteiger partial charge is 0.343 e. The predicted molar refractivity (Wildman–Crippen MR) is 79.1 cm³/mol. The molecule has 2 rings (SSSR count). The molecule has 2 heterocycles. The van der Waals surface area contributed by atoms with Crippen molar-refractivity contribution in [3.8, 4) is 0 Å². The molecule has 0 saturated carbocycles. The lowest BCUT2D eigenvalue weighted by Gasteiger charge is -2.14. The monoisotopic (exact) mass is 291 g/mol. The highest BCUT2D eigenvalue weighted by atomic mass is 32.1. The minimum Gasteiger partial charge on any atom is -0.343 e. The highest BCUT2D eigenvalue weighted by Gasteiger charge is 2.18. The Hall–Kier alpha value is -1.95. The van der Waals surface area contributed by atoms with E-state index < -0.39 is 0 Å². The molecule has 20 heavy (non-hydrogen) atoms. The van der Waals surface area contributed by atoms with Crippen LogP contribution in [0.25, 0.3) is 0 Å². The van der Waals surface area contributed by atoms with Gasteiger partial charge < -0.3 is 10.3 Å². The standard InChI is InChI=1S/C14H17N3O2S/c1-4-11(14-16-8(2)9(3)20-14)17-13(19)10-5-6-12(18)15-7-10/h5-7,11H,4H2,1-3H3,(H,15,18)(H,17,19)/t11-/m0/s1. The molecule has 0 aliphatic heterocycles. The maximum absolute atomic E-state index is 12.1. The SMILES string of the molecule is CC[C@H](NC(=O)c1ccc(=O)[nH]c1)c1nc(C)c(C)s1. The molecule has 6 heteroatoms. The van der Waals surface area contributed by atoms with E-state index in [2.05, 4.69) is 15.3 Å². The average molecular weight is 291 g/mol. The Kier molecular flexibility index (Phi) is 4.34. The van der Waals surface area contributed by atoms with Gasteiger partial charge in [-0.3, -0.25) is 9.59 Å². The van der Waals surface area contributed by atoms with Crippen molar-refractivity contribution >= 4 is 17.2 Å². The molecule has 106 valence electrons. The second kappa shape index (κ2) is 6.00. The van der Waals surface area contributed by atoms with Gasteiger partial charge in [0.05, 0.1) is 17.3 Å². The van der Waals surface area contributed by atoms with Gasteiger partial charge in [0.25, 0.3) is 5.91 Å². The summed E-state index contributed by atoms with van der Waals surface area (Å²) in [6.45, 7) is 5.99. The first-order valence-electron chi connectivity index (χ1n) is 6.44. The van der Waals surface area contributed by atoms with E-state index in [9.17, 15) is 9.59 Å². The summed E-state index contributed by atoms with van der Waals surface area (Å²) in [5.74, 6) is -0.210. The Balaban J connectivity index is 2.15. The van der Waals surface area contributed by atoms with E-state index in [-0.39, 0.29) is 17.5 Å². The summed E-state index contributed by atoms with van der Waals surface area (Å²) >= 11 is 1.60. The zero-order chi connectivity index (χ0) is 14.7. The first-order chi connectivity index (χ1) is 9.51. The smallest absolute Gasteiger partial charge is 0.253 e. The molecule has 2 aromatic rings. The van der Waals surface area contributed by atoms with Crippen LogP contribution in [0, 0.1) is 13.8 Å². The van der Waals surface area contributed by atoms with E-state index in [1.807, 2.05) is 20.8 Å². The minimum atomic E-state index is -0.222. The van der Waals surface area contributed by atoms with Crippen LogP contribution in [0.2, 0.25) is 0 Å². The third-order valence-corrected chi connectivity index (χ3v) is 4.29. The van der Waals surface area contributed by atoms with Gasteiger partial charge in [-0.15, -0.1) is 11.3 Å². The zero-order valence-electron chi connectivity index (χ0n) is 11.7. The summed E-state index contributed by atoms with van der Waals surface area (Å²) in [6, 6.07) is 2.75. The normalized spacial score (nSPS) is 12.2. The Morgan fingerprint density at radius 3 is 2.70 bits per heavy atom. The number of H-pyrrole nitrogens is 1. The second-order valence-corrected chi connectivity index (χ2v) is 5.80. The molecule has 1 amide bonds. The number of thiazole rings is 1. The number of amides is 1. The number of carbonyl (C=O) groups is 1. The Bertz CT molecular complexity index is 635. The number of carbonyl (C=O) groups excluding carboxylic acids is 1. The Morgan fingerprint density at radius 2 is 2.20 bits per heavy atom. The lowest BCUT2D eigenvalue weighted by atomic mass is 10.2. The summed E-state index contributed by atoms with van der Waals surface area (Å²) in [5, 5.41) is 3.86. The molecule has 0 aliphatic carbocycles. The zero-order valence-corrected chi connectivity index (χ0v) is 12.5. The Labute approximate surface area is 121 Å². The van der Waals surface area contributed by atoms with E-state index in [0.717, 1.165) is 22.0 Å². The van der Waals surface area contributed by atoms with E-state index in [1.165, 1.54) is 18.3 Å². The average Bonchev–Trinajstić information content (AvgIpc) is 2.76. The highest BCUT2D eigenvalue weighted by Crippen LogP contribution is 2.25. The molecule has 0 aromatic carbocycles. The van der Waals surface area contributed by atoms with Gasteiger partial charge in [0.1, 0.15) is 5.01 Å². The van der Waals surface area contributed by atoms with Crippen LogP contribution < -0.4 is 10.9 Å². The maximum atomic E-state index is 12.1. The van der Waals surface area contributed by atoms with Gasteiger partial charge >= 0.3 is 0 Å². The molecule has 0 unspecified atom stereocenters. The summed E-state index contributed by atoms with van der Waals surface area (Å²) in [7, 11) is 0. The number of aromatic amines is 1. The van der Waals surface area contributed by atoms with Crippen LogP contribution in [-0.4, -0.2) is 15.9 Å². The van der Waals surface area contributed by atoms with Crippen LogP contribution in [0.5, 0.6) is 0 Å². The topological polar surface area (TPSA) is 74.8 Å². The summed E-state index contributed by atoms with van der Waals surface area (Å²) in [4.78, 5) is 31.3. The molecule has 2 aromatic heterocycles. The molecule has 0 bridgehead atoms. The fourth-order valence-corrected chi connectivity index (χ4v) is 2.84. The van der Waals surface area contributed by atoms with Crippen molar-refractivity contribution in [2.75, 3.05) is 0 Å². The molecule has 0 fully saturated rings. The van der Waals surface area contributed by atoms with Gasteiger partial charge in [-0.2, -0.15) is 0 Å². The van der Waals surface area contributed by atoms with Crippen molar-refractivity contribution in [3.63, 3.8) is 0 Å². The van der Waals surface area contributed by atoms with Crippen LogP contribution in [0.4, 0.5) is 0 Å². The van der Waals surface area contributed by atoms with E-state index >= 15 is 0 Å². The number of aryl methyl sites for hydroxylation is 2. The molecule has 1 atom stereocenters. The maximum Gasteiger partial charge on any atom is 0.253 e. The fourth-order valence-electron chi connectivity index (χ4n) is 1.78. The quantitative estimate of drug-likeness (QED) is 0.908. The first kappa shape index (κ1) is 14.5. The predicted octanol–water partition coefficient (Wildman–Crippen LogP) is 2.33. The van der Waals surface area contributed by atoms with Crippen molar-refractivity contribution in [3.05, 3.63) is 49.8 Å². The fraction of sp³-hybridized carbons (Fsp3) is 0.357. The van der Waals surface area contributed by atoms with Gasteiger partial charge in [-0.05, 0) is 26.3 Å². The molecule has 0 aliphatic rings. The molecule has 0 saturated heterocycles. The third kappa shape index (κ3) is 3.14. The van der Waals surface area contributed by atoms with Crippen molar-refractivity contribution in [1.29, 1.82) is 0 Å². The highest BCUT2D eigenvalue weighted by molar-refractivity contribution is 7.11. The third-order valence-electron chi connectivity index (χ3n) is 3.10. The van der Waals surface area contributed by atoms with Crippen molar-refractivity contribution in [1.82, 2.24) is 15.3 Å². The lowest BCUT2D eigenvalue weighted by Crippen LogP contribution is -2.28. The van der Waals surface area contributed by atoms with Gasteiger partial charge in [0.2, 0.25) is 5.56 Å². The van der Waals surface area contributed by atoms with Crippen LogP contribution in [0.3, 0.4) is 0 Å². The van der Waals surface area contributed by atoms with Crippen LogP contribution >= 0.6 is 11.3 Å². The Morgan fingerprint density at radius 1 is 1.45 bits per heavy atom. The number of aromatic nitrogens is 2. The molecule has 2 N–H and O–H groups in total. The second-order valence-electron chi connectivity index (χ2n) is 4.57. The molecular weight excluding hydrogens is 274 g/mol. The number of hydrogen-bond donors (Lipinski definition) is 2. The van der Waals surface area contributed by atoms with Gasteiger partial charge in [-0.1, -0.05) is 6.92 Å². The van der Waals surface area contributed by atoms with Crippen LogP contribution in [0.15, 0.2) is 23.1 Å². The molecule has 0 radical (unpaired) electrons.